The molecule has 0 radical (unpaired) electrons. The van der Waals surface area contributed by atoms with E-state index in [1.165, 1.54) is 5.56 Å². The first kappa shape index (κ1) is 15.9. The zero-order valence-electron chi connectivity index (χ0n) is 10.3. The number of carbonyl (C=O) groups is 1. The average Bonchev–Trinajstić information content (AvgIpc) is 2.27. The van der Waals surface area contributed by atoms with Gasteiger partial charge in [-0.1, -0.05) is 12.1 Å². The number of amides is 1. The van der Waals surface area contributed by atoms with E-state index in [2.05, 4.69) is 17.3 Å². The van der Waals surface area contributed by atoms with Crippen molar-refractivity contribution < 1.29 is 4.79 Å². The molecule has 17 heavy (non-hydrogen) atoms. The average molecular weight is 258 g/mol. The molecule has 0 saturated heterocycles. The van der Waals surface area contributed by atoms with E-state index in [1.807, 2.05) is 19.2 Å². The molecule has 0 saturated carbocycles. The minimum absolute atomic E-state index is 0. The van der Waals surface area contributed by atoms with E-state index in [4.69, 9.17) is 5.73 Å². The number of carbonyl (C=O) groups excluding carboxylic acids is 1. The molecular weight excluding hydrogens is 238 g/mol. The second-order valence-electron chi connectivity index (χ2n) is 3.90. The number of nitrogens with two attached hydrogens (primary N) is 1. The normalized spacial score (nSPS) is 10.1. The van der Waals surface area contributed by atoms with Gasteiger partial charge in [-0.25, -0.2) is 0 Å². The van der Waals surface area contributed by atoms with Gasteiger partial charge in [-0.3, -0.25) is 4.79 Å². The molecule has 1 aromatic carbocycles. The molecule has 0 unspecified atom stereocenters. The Bertz CT molecular complexity index is 340. The molecule has 0 aliphatic rings. The van der Waals surface area contributed by atoms with Crippen LogP contribution in [-0.2, 0) is 6.54 Å². The van der Waals surface area contributed by atoms with Crippen molar-refractivity contribution in [3.63, 3.8) is 0 Å². The predicted octanol–water partition coefficient (Wildman–Crippen LogP) is 0.859. The smallest absolute Gasteiger partial charge is 0.248 e. The van der Waals surface area contributed by atoms with Crippen molar-refractivity contribution in [2.24, 2.45) is 5.73 Å². The first-order valence-electron chi connectivity index (χ1n) is 5.35. The van der Waals surface area contributed by atoms with Gasteiger partial charge in [0, 0.05) is 25.2 Å². The summed E-state index contributed by atoms with van der Waals surface area (Å²) in [6.45, 7) is 2.84. The summed E-state index contributed by atoms with van der Waals surface area (Å²) in [6.07, 6.45) is 0. The Hall–Kier alpha value is -1.10. The highest BCUT2D eigenvalue weighted by Gasteiger charge is 2.02. The summed E-state index contributed by atoms with van der Waals surface area (Å²) in [5, 5.41) is 3.11. The molecule has 1 rings (SSSR count). The van der Waals surface area contributed by atoms with E-state index in [0.29, 0.717) is 5.56 Å². The standard InChI is InChI=1S/C12H19N3O.ClH/c1-14-7-8-15(2)9-10-3-5-11(6-4-10)12(13)16;/h3-6,14H,7-9H2,1-2H3,(H2,13,16);1H. The van der Waals surface area contributed by atoms with E-state index in [0.717, 1.165) is 19.6 Å². The van der Waals surface area contributed by atoms with Gasteiger partial charge in [0.1, 0.15) is 0 Å². The van der Waals surface area contributed by atoms with Crippen molar-refractivity contribution in [2.45, 2.75) is 6.54 Å². The van der Waals surface area contributed by atoms with Crippen LogP contribution < -0.4 is 11.1 Å². The Morgan fingerprint density at radius 3 is 2.41 bits per heavy atom. The number of halogens is 1. The lowest BCUT2D eigenvalue weighted by atomic mass is 10.1. The second kappa shape index (κ2) is 8.06. The van der Waals surface area contributed by atoms with Crippen LogP contribution in [0.5, 0.6) is 0 Å². The Labute approximate surface area is 109 Å². The maximum absolute atomic E-state index is 10.9. The van der Waals surface area contributed by atoms with Crippen LogP contribution in [0.2, 0.25) is 0 Å². The fourth-order valence-corrected chi connectivity index (χ4v) is 1.47. The summed E-state index contributed by atoms with van der Waals surface area (Å²) >= 11 is 0. The zero-order valence-corrected chi connectivity index (χ0v) is 11.1. The number of rotatable bonds is 6. The van der Waals surface area contributed by atoms with Crippen molar-refractivity contribution in [1.29, 1.82) is 0 Å². The van der Waals surface area contributed by atoms with Gasteiger partial charge in [0.25, 0.3) is 0 Å². The monoisotopic (exact) mass is 257 g/mol. The highest BCUT2D eigenvalue weighted by molar-refractivity contribution is 5.92. The predicted molar refractivity (Wildman–Crippen MR) is 72.5 cm³/mol. The molecule has 0 aliphatic carbocycles. The quantitative estimate of drug-likeness (QED) is 0.795. The molecule has 1 aromatic rings. The molecule has 0 aliphatic heterocycles. The fraction of sp³-hybridized carbons (Fsp3) is 0.417. The van der Waals surface area contributed by atoms with Gasteiger partial charge in [-0.15, -0.1) is 12.4 Å². The number of benzene rings is 1. The lowest BCUT2D eigenvalue weighted by molar-refractivity contribution is 0.100. The maximum Gasteiger partial charge on any atom is 0.248 e. The van der Waals surface area contributed by atoms with Gasteiger partial charge >= 0.3 is 0 Å². The number of hydrogen-bond donors (Lipinski definition) is 2. The third-order valence-corrected chi connectivity index (χ3v) is 2.43. The highest BCUT2D eigenvalue weighted by atomic mass is 35.5. The lowest BCUT2D eigenvalue weighted by Crippen LogP contribution is -2.26. The van der Waals surface area contributed by atoms with Gasteiger partial charge < -0.3 is 16.0 Å². The summed E-state index contributed by atoms with van der Waals surface area (Å²) in [4.78, 5) is 13.1. The first-order valence-corrected chi connectivity index (χ1v) is 5.35. The summed E-state index contributed by atoms with van der Waals surface area (Å²) in [6, 6.07) is 7.42. The molecule has 0 aromatic heterocycles. The molecule has 5 heteroatoms. The number of nitrogens with one attached hydrogen (secondary N) is 1. The van der Waals surface area contributed by atoms with Gasteiger partial charge in [-0.05, 0) is 31.8 Å². The van der Waals surface area contributed by atoms with E-state index in [9.17, 15) is 4.79 Å². The summed E-state index contributed by atoms with van der Waals surface area (Å²) in [5.41, 5.74) is 6.91. The van der Waals surface area contributed by atoms with Crippen LogP contribution in [0.25, 0.3) is 0 Å². The largest absolute Gasteiger partial charge is 0.366 e. The minimum atomic E-state index is -0.380. The molecule has 0 spiro atoms. The molecule has 96 valence electrons. The van der Waals surface area contributed by atoms with Crippen LogP contribution in [0.3, 0.4) is 0 Å². The molecule has 4 nitrogen and oxygen atoms in total. The summed E-state index contributed by atoms with van der Waals surface area (Å²) < 4.78 is 0. The first-order chi connectivity index (χ1) is 7.63. The van der Waals surface area contributed by atoms with Crippen LogP contribution in [0, 0.1) is 0 Å². The third-order valence-electron chi connectivity index (χ3n) is 2.43. The van der Waals surface area contributed by atoms with Crippen LogP contribution >= 0.6 is 12.4 Å². The van der Waals surface area contributed by atoms with E-state index in [-0.39, 0.29) is 18.3 Å². The lowest BCUT2D eigenvalue weighted by Gasteiger charge is -2.16. The molecular formula is C12H20ClN3O. The van der Waals surface area contributed by atoms with Gasteiger partial charge in [0.2, 0.25) is 5.91 Å². The molecule has 1 amide bonds. The number of nitrogens with zero attached hydrogens (tertiary/aromatic N) is 1. The van der Waals surface area contributed by atoms with E-state index >= 15 is 0 Å². The van der Waals surface area contributed by atoms with Crippen LogP contribution in [0.1, 0.15) is 15.9 Å². The van der Waals surface area contributed by atoms with Crippen molar-refractivity contribution in [2.75, 3.05) is 27.2 Å². The van der Waals surface area contributed by atoms with Crippen molar-refractivity contribution in [3.05, 3.63) is 35.4 Å². The maximum atomic E-state index is 10.9. The molecule has 0 bridgehead atoms. The summed E-state index contributed by atoms with van der Waals surface area (Å²) in [5.74, 6) is -0.380. The van der Waals surface area contributed by atoms with Crippen molar-refractivity contribution in [1.82, 2.24) is 10.2 Å². The van der Waals surface area contributed by atoms with Gasteiger partial charge in [0.15, 0.2) is 0 Å². The number of primary amides is 1. The van der Waals surface area contributed by atoms with Crippen LogP contribution in [0.15, 0.2) is 24.3 Å². The summed E-state index contributed by atoms with van der Waals surface area (Å²) in [7, 11) is 4.01. The SMILES string of the molecule is CNCCN(C)Cc1ccc(C(N)=O)cc1.Cl. The highest BCUT2D eigenvalue weighted by Crippen LogP contribution is 2.06. The van der Waals surface area contributed by atoms with Crippen molar-refractivity contribution >= 4 is 18.3 Å². The van der Waals surface area contributed by atoms with E-state index in [1.54, 1.807) is 12.1 Å². The molecule has 0 fully saturated rings. The van der Waals surface area contributed by atoms with Gasteiger partial charge in [-0.2, -0.15) is 0 Å². The number of likely N-dealkylation sites (N-methyl/N-ethyl adjacent to an activating group) is 2. The molecule has 0 heterocycles. The van der Waals surface area contributed by atoms with Gasteiger partial charge in [0.05, 0.1) is 0 Å². The van der Waals surface area contributed by atoms with Crippen LogP contribution in [0.4, 0.5) is 0 Å². The second-order valence-corrected chi connectivity index (χ2v) is 3.90. The Morgan fingerprint density at radius 1 is 1.35 bits per heavy atom. The third kappa shape index (κ3) is 5.68. The molecule has 3 N–H and O–H groups in total. The van der Waals surface area contributed by atoms with E-state index < -0.39 is 0 Å². The Morgan fingerprint density at radius 2 is 1.94 bits per heavy atom. The minimum Gasteiger partial charge on any atom is -0.366 e. The zero-order chi connectivity index (χ0) is 12.0. The van der Waals surface area contributed by atoms with Crippen molar-refractivity contribution in [3.8, 4) is 0 Å². The molecule has 0 atom stereocenters. The van der Waals surface area contributed by atoms with Crippen LogP contribution in [-0.4, -0.2) is 38.0 Å². The number of hydrogen-bond acceptors (Lipinski definition) is 3. The Kier molecular flexibility index (Phi) is 7.54. The topological polar surface area (TPSA) is 58.4 Å². The Balaban J connectivity index is 0.00000256. The fourth-order valence-electron chi connectivity index (χ4n) is 1.47.